The average molecular weight is 418 g/mol. The molecule has 0 amide bonds. The Labute approximate surface area is 169 Å². The van der Waals surface area contributed by atoms with Gasteiger partial charge in [-0.3, -0.25) is 4.90 Å². The summed E-state index contributed by atoms with van der Waals surface area (Å²) in [5.74, 6) is 0.329. The number of thiazole rings is 1. The molecule has 1 aliphatic heterocycles. The Balaban J connectivity index is 1.35. The van der Waals surface area contributed by atoms with Crippen molar-refractivity contribution >= 4 is 11.3 Å². The Bertz CT molecular complexity index is 1010. The summed E-state index contributed by atoms with van der Waals surface area (Å²) in [6.07, 6.45) is -2.45. The van der Waals surface area contributed by atoms with Gasteiger partial charge in [-0.25, -0.2) is 4.98 Å². The van der Waals surface area contributed by atoms with E-state index in [2.05, 4.69) is 25.3 Å². The Morgan fingerprint density at radius 3 is 2.55 bits per heavy atom. The number of aromatic nitrogens is 4. The van der Waals surface area contributed by atoms with E-state index in [9.17, 15) is 13.2 Å². The van der Waals surface area contributed by atoms with Crippen LogP contribution in [0.4, 0.5) is 13.2 Å². The van der Waals surface area contributed by atoms with Gasteiger partial charge in [0.05, 0.1) is 10.6 Å². The molecule has 0 radical (unpaired) electrons. The van der Waals surface area contributed by atoms with Crippen LogP contribution in [0.5, 0.6) is 0 Å². The van der Waals surface area contributed by atoms with Crippen molar-refractivity contribution in [3.05, 3.63) is 51.5 Å². The molecule has 1 N–H and O–H groups in total. The maximum atomic E-state index is 12.7. The highest BCUT2D eigenvalue weighted by molar-refractivity contribution is 7.10. The molecule has 4 rings (SSSR count). The molecule has 1 aromatic carbocycles. The number of halogens is 3. The molecule has 0 bridgehead atoms. The van der Waals surface area contributed by atoms with Crippen molar-refractivity contribution in [3.8, 4) is 17.5 Å². The highest BCUT2D eigenvalue weighted by Gasteiger charge is 2.30. The number of hydrogen-bond acceptors (Lipinski definition) is 6. The lowest BCUT2D eigenvalue weighted by Gasteiger charge is -2.31. The molecule has 0 unspecified atom stereocenters. The second-order valence-electron chi connectivity index (χ2n) is 6.95. The second kappa shape index (κ2) is 7.93. The Morgan fingerprint density at radius 1 is 1.17 bits per heavy atom. The third kappa shape index (κ3) is 4.31. The first-order valence-corrected chi connectivity index (χ1v) is 9.97. The SMILES string of the molecule is N#Cc1n[nH]nc1-c1csc(C2CCN(Cc3ccc(C(F)(F)F)cc3)CC2)n1. The number of rotatable bonds is 4. The van der Waals surface area contributed by atoms with Crippen LogP contribution in [0.2, 0.25) is 0 Å². The molecule has 1 aliphatic rings. The highest BCUT2D eigenvalue weighted by Crippen LogP contribution is 2.33. The molecule has 0 atom stereocenters. The summed E-state index contributed by atoms with van der Waals surface area (Å²) in [5, 5.41) is 22.2. The first kappa shape index (κ1) is 19.5. The molecule has 3 heterocycles. The minimum Gasteiger partial charge on any atom is -0.299 e. The lowest BCUT2D eigenvalue weighted by molar-refractivity contribution is -0.137. The minimum atomic E-state index is -4.30. The highest BCUT2D eigenvalue weighted by atomic mass is 32.1. The third-order valence-electron chi connectivity index (χ3n) is 5.04. The zero-order chi connectivity index (χ0) is 20.4. The lowest BCUT2D eigenvalue weighted by Crippen LogP contribution is -2.32. The van der Waals surface area contributed by atoms with E-state index in [0.717, 1.165) is 48.6 Å². The molecule has 10 heteroatoms. The molecule has 29 heavy (non-hydrogen) atoms. The molecule has 0 spiro atoms. The Morgan fingerprint density at radius 2 is 1.90 bits per heavy atom. The number of nitriles is 1. The topological polar surface area (TPSA) is 81.5 Å². The van der Waals surface area contributed by atoms with Crippen LogP contribution in [0.1, 0.15) is 40.6 Å². The summed E-state index contributed by atoms with van der Waals surface area (Å²) in [5.41, 5.74) is 1.61. The fourth-order valence-corrected chi connectivity index (χ4v) is 4.44. The summed E-state index contributed by atoms with van der Waals surface area (Å²) < 4.78 is 38.0. The standard InChI is InChI=1S/C19H17F3N6S/c20-19(21,22)14-3-1-12(2-4-14)10-28-7-5-13(6-8-28)18-24-16(11-29-18)17-15(9-23)25-27-26-17/h1-4,11,13H,5-8,10H2,(H,25,26,27). The van der Waals surface area contributed by atoms with Crippen LogP contribution >= 0.6 is 11.3 Å². The summed E-state index contributed by atoms with van der Waals surface area (Å²) in [6, 6.07) is 7.37. The van der Waals surface area contributed by atoms with Crippen LogP contribution in [0, 0.1) is 11.3 Å². The van der Waals surface area contributed by atoms with Crippen molar-refractivity contribution in [2.75, 3.05) is 13.1 Å². The van der Waals surface area contributed by atoms with Crippen LogP contribution in [-0.2, 0) is 12.7 Å². The van der Waals surface area contributed by atoms with E-state index in [-0.39, 0.29) is 5.69 Å². The molecule has 0 saturated carbocycles. The third-order valence-corrected chi connectivity index (χ3v) is 6.05. The van der Waals surface area contributed by atoms with Crippen molar-refractivity contribution in [2.24, 2.45) is 0 Å². The summed E-state index contributed by atoms with van der Waals surface area (Å²) in [6.45, 7) is 2.35. The number of likely N-dealkylation sites (tertiary alicyclic amines) is 1. The summed E-state index contributed by atoms with van der Waals surface area (Å²) >= 11 is 1.56. The number of aromatic amines is 1. The molecule has 1 saturated heterocycles. The van der Waals surface area contributed by atoms with Gasteiger partial charge in [0.25, 0.3) is 0 Å². The molecular weight excluding hydrogens is 401 g/mol. The van der Waals surface area contributed by atoms with E-state index in [1.165, 1.54) is 0 Å². The van der Waals surface area contributed by atoms with E-state index < -0.39 is 11.7 Å². The molecule has 3 aromatic rings. The smallest absolute Gasteiger partial charge is 0.299 e. The first-order chi connectivity index (χ1) is 13.9. The monoisotopic (exact) mass is 418 g/mol. The van der Waals surface area contributed by atoms with Crippen LogP contribution in [0.25, 0.3) is 11.4 Å². The number of benzene rings is 1. The van der Waals surface area contributed by atoms with Crippen LogP contribution in [0.15, 0.2) is 29.6 Å². The fraction of sp³-hybridized carbons (Fsp3) is 0.368. The van der Waals surface area contributed by atoms with Gasteiger partial charge in [-0.1, -0.05) is 12.1 Å². The number of nitrogens with one attached hydrogen (secondary N) is 1. The van der Waals surface area contributed by atoms with Crippen LogP contribution in [-0.4, -0.2) is 38.4 Å². The van der Waals surface area contributed by atoms with E-state index >= 15 is 0 Å². The van der Waals surface area contributed by atoms with Gasteiger partial charge in [0, 0.05) is 17.8 Å². The zero-order valence-corrected chi connectivity index (χ0v) is 16.1. The molecule has 0 aliphatic carbocycles. The molecule has 150 valence electrons. The normalized spacial score (nSPS) is 16.1. The van der Waals surface area contributed by atoms with Crippen LogP contribution in [0.3, 0.4) is 0 Å². The van der Waals surface area contributed by atoms with Gasteiger partial charge < -0.3 is 0 Å². The Hall–Kier alpha value is -2.77. The maximum Gasteiger partial charge on any atom is 0.416 e. The van der Waals surface area contributed by atoms with Gasteiger partial charge in [-0.2, -0.15) is 28.7 Å². The second-order valence-corrected chi connectivity index (χ2v) is 7.84. The predicted octanol–water partition coefficient (Wildman–Crippen LogP) is 4.20. The maximum absolute atomic E-state index is 12.7. The van der Waals surface area contributed by atoms with Gasteiger partial charge in [0.15, 0.2) is 5.69 Å². The predicted molar refractivity (Wildman–Crippen MR) is 101 cm³/mol. The van der Waals surface area contributed by atoms with Crippen molar-refractivity contribution < 1.29 is 13.2 Å². The largest absolute Gasteiger partial charge is 0.416 e. The van der Waals surface area contributed by atoms with E-state index in [0.29, 0.717) is 23.9 Å². The van der Waals surface area contributed by atoms with Gasteiger partial charge in [-0.15, -0.1) is 16.4 Å². The Kier molecular flexibility index (Phi) is 5.34. The summed E-state index contributed by atoms with van der Waals surface area (Å²) in [4.78, 5) is 6.90. The number of hydrogen-bond donors (Lipinski definition) is 1. The summed E-state index contributed by atoms with van der Waals surface area (Å²) in [7, 11) is 0. The molecular formula is C19H17F3N6S. The quantitative estimate of drug-likeness (QED) is 0.687. The average Bonchev–Trinajstić information content (AvgIpc) is 3.37. The number of piperidine rings is 1. The first-order valence-electron chi connectivity index (χ1n) is 9.09. The van der Waals surface area contributed by atoms with E-state index in [1.54, 1.807) is 23.5 Å². The molecule has 1 fully saturated rings. The van der Waals surface area contributed by atoms with Gasteiger partial charge in [-0.05, 0) is 43.6 Å². The van der Waals surface area contributed by atoms with Crippen molar-refractivity contribution in [3.63, 3.8) is 0 Å². The van der Waals surface area contributed by atoms with E-state index in [4.69, 9.17) is 5.26 Å². The van der Waals surface area contributed by atoms with Crippen LogP contribution < -0.4 is 0 Å². The van der Waals surface area contributed by atoms with Crippen molar-refractivity contribution in [1.29, 1.82) is 5.26 Å². The lowest BCUT2D eigenvalue weighted by atomic mass is 9.97. The van der Waals surface area contributed by atoms with Gasteiger partial charge in [0.2, 0.25) is 0 Å². The van der Waals surface area contributed by atoms with Gasteiger partial charge >= 0.3 is 6.18 Å². The molecule has 2 aromatic heterocycles. The number of alkyl halides is 3. The molecule has 6 nitrogen and oxygen atoms in total. The van der Waals surface area contributed by atoms with Crippen molar-refractivity contribution in [2.45, 2.75) is 31.5 Å². The zero-order valence-electron chi connectivity index (χ0n) is 15.3. The minimum absolute atomic E-state index is 0.230. The van der Waals surface area contributed by atoms with Gasteiger partial charge in [0.1, 0.15) is 17.5 Å². The number of H-pyrrole nitrogens is 1. The van der Waals surface area contributed by atoms with E-state index in [1.807, 2.05) is 11.4 Å². The number of nitrogens with zero attached hydrogens (tertiary/aromatic N) is 5. The fourth-order valence-electron chi connectivity index (χ4n) is 3.47. The van der Waals surface area contributed by atoms with Crippen molar-refractivity contribution in [1.82, 2.24) is 25.3 Å².